The standard InChI is InChI=1S/C10H11F3.C9H14N4O2/c1-2-4-8-5-3-6-9(7-8)10(11,12)13;1-5-10-6-7(11(5)2)12(3)9(15)13(4)8(6)14/h3,5-7H,2,4H2,1H3;5,10H,1-4H3. The number of rotatable bonds is 2. The van der Waals surface area contributed by atoms with Crippen molar-refractivity contribution in [1.29, 1.82) is 0 Å². The van der Waals surface area contributed by atoms with Gasteiger partial charge in [0.1, 0.15) is 11.5 Å². The van der Waals surface area contributed by atoms with Crippen molar-refractivity contribution in [2.75, 3.05) is 17.3 Å². The quantitative estimate of drug-likeness (QED) is 0.845. The van der Waals surface area contributed by atoms with Crippen LogP contribution in [0.4, 0.5) is 24.7 Å². The summed E-state index contributed by atoms with van der Waals surface area (Å²) < 4.78 is 39.2. The Morgan fingerprint density at radius 1 is 1.11 bits per heavy atom. The minimum absolute atomic E-state index is 0.0284. The van der Waals surface area contributed by atoms with Crippen LogP contribution in [0.1, 0.15) is 31.4 Å². The fourth-order valence-corrected chi connectivity index (χ4v) is 3.05. The van der Waals surface area contributed by atoms with Gasteiger partial charge in [0, 0.05) is 21.1 Å². The first-order valence-corrected chi connectivity index (χ1v) is 8.94. The van der Waals surface area contributed by atoms with Crippen LogP contribution >= 0.6 is 0 Å². The van der Waals surface area contributed by atoms with E-state index < -0.39 is 11.7 Å². The van der Waals surface area contributed by atoms with Gasteiger partial charge < -0.3 is 10.2 Å². The van der Waals surface area contributed by atoms with Crippen molar-refractivity contribution in [1.82, 2.24) is 9.13 Å². The highest BCUT2D eigenvalue weighted by Crippen LogP contribution is 2.29. The molecule has 1 aromatic heterocycles. The van der Waals surface area contributed by atoms with Crippen LogP contribution < -0.4 is 21.5 Å². The third-order valence-corrected chi connectivity index (χ3v) is 4.69. The monoisotopic (exact) mass is 398 g/mol. The Morgan fingerprint density at radius 2 is 1.75 bits per heavy atom. The number of aryl methyl sites for hydroxylation is 1. The second-order valence-electron chi connectivity index (χ2n) is 6.78. The third-order valence-electron chi connectivity index (χ3n) is 4.69. The van der Waals surface area contributed by atoms with Crippen LogP contribution in [-0.4, -0.2) is 22.3 Å². The van der Waals surface area contributed by atoms with Gasteiger partial charge in [-0.15, -0.1) is 0 Å². The van der Waals surface area contributed by atoms with Crippen LogP contribution in [0.3, 0.4) is 0 Å². The van der Waals surface area contributed by atoms with Crippen LogP contribution in [-0.2, 0) is 26.7 Å². The molecule has 0 fully saturated rings. The summed E-state index contributed by atoms with van der Waals surface area (Å²) in [7, 11) is 4.99. The average molecular weight is 398 g/mol. The molecule has 2 heterocycles. The van der Waals surface area contributed by atoms with Crippen LogP contribution in [0, 0.1) is 0 Å². The molecular weight excluding hydrogens is 373 g/mol. The molecule has 1 aromatic carbocycles. The van der Waals surface area contributed by atoms with Crippen molar-refractivity contribution in [3.63, 3.8) is 0 Å². The van der Waals surface area contributed by atoms with Crippen molar-refractivity contribution >= 4 is 11.5 Å². The van der Waals surface area contributed by atoms with Gasteiger partial charge in [-0.2, -0.15) is 13.2 Å². The molecule has 0 saturated carbocycles. The zero-order valence-corrected chi connectivity index (χ0v) is 16.6. The molecule has 1 N–H and O–H groups in total. The number of nitrogens with one attached hydrogen (secondary N) is 1. The summed E-state index contributed by atoms with van der Waals surface area (Å²) in [5.74, 6) is 0.649. The lowest BCUT2D eigenvalue weighted by molar-refractivity contribution is -0.137. The largest absolute Gasteiger partial charge is 0.416 e. The average Bonchev–Trinajstić information content (AvgIpc) is 2.94. The number of hydrogen-bond donors (Lipinski definition) is 1. The molecule has 9 heteroatoms. The molecule has 0 amide bonds. The molecule has 3 rings (SSSR count). The summed E-state index contributed by atoms with van der Waals surface area (Å²) in [4.78, 5) is 25.3. The summed E-state index contributed by atoms with van der Waals surface area (Å²) in [6, 6.07) is 5.48. The van der Waals surface area contributed by atoms with Crippen LogP contribution in [0.2, 0.25) is 0 Å². The number of aromatic nitrogens is 2. The van der Waals surface area contributed by atoms with Crippen molar-refractivity contribution < 1.29 is 13.2 Å². The smallest absolute Gasteiger partial charge is 0.358 e. The van der Waals surface area contributed by atoms with Crippen molar-refractivity contribution in [3.05, 3.63) is 56.2 Å². The van der Waals surface area contributed by atoms with E-state index in [-0.39, 0.29) is 17.4 Å². The van der Waals surface area contributed by atoms with Gasteiger partial charge in [0.05, 0.1) is 11.7 Å². The molecule has 1 aliphatic rings. The van der Waals surface area contributed by atoms with Crippen LogP contribution in [0.25, 0.3) is 0 Å². The molecule has 1 atom stereocenters. The molecule has 6 nitrogen and oxygen atoms in total. The molecule has 0 saturated heterocycles. The molecule has 1 unspecified atom stereocenters. The van der Waals surface area contributed by atoms with E-state index in [1.54, 1.807) is 13.1 Å². The maximum Gasteiger partial charge on any atom is 0.416 e. The Bertz CT molecular complexity index is 963. The van der Waals surface area contributed by atoms with Gasteiger partial charge in [-0.1, -0.05) is 31.5 Å². The number of nitrogens with zero attached hydrogens (tertiary/aromatic N) is 3. The van der Waals surface area contributed by atoms with E-state index in [9.17, 15) is 22.8 Å². The highest BCUT2D eigenvalue weighted by molar-refractivity contribution is 5.71. The van der Waals surface area contributed by atoms with E-state index >= 15 is 0 Å². The summed E-state index contributed by atoms with van der Waals surface area (Å²) in [6.45, 7) is 3.88. The van der Waals surface area contributed by atoms with Crippen LogP contribution in [0.5, 0.6) is 0 Å². The zero-order valence-electron chi connectivity index (χ0n) is 16.6. The topological polar surface area (TPSA) is 59.3 Å². The number of halogens is 3. The summed E-state index contributed by atoms with van der Waals surface area (Å²) in [5, 5.41) is 3.06. The van der Waals surface area contributed by atoms with E-state index in [2.05, 4.69) is 5.32 Å². The van der Waals surface area contributed by atoms with E-state index in [0.717, 1.165) is 22.6 Å². The van der Waals surface area contributed by atoms with Gasteiger partial charge in [0.15, 0.2) is 0 Å². The second-order valence-corrected chi connectivity index (χ2v) is 6.78. The molecule has 0 radical (unpaired) electrons. The number of hydrogen-bond acceptors (Lipinski definition) is 4. The number of benzene rings is 1. The highest BCUT2D eigenvalue weighted by Gasteiger charge is 2.30. The molecule has 154 valence electrons. The fraction of sp³-hybridized carbons (Fsp3) is 0.474. The number of fused-ring (bicyclic) bond motifs is 1. The molecule has 2 aromatic rings. The molecule has 0 spiro atoms. The number of alkyl halides is 3. The first kappa shape index (κ1) is 21.6. The lowest BCUT2D eigenvalue weighted by Gasteiger charge is -2.18. The first-order chi connectivity index (χ1) is 13.0. The number of anilines is 2. The molecule has 0 bridgehead atoms. The van der Waals surface area contributed by atoms with E-state index in [1.807, 2.05) is 25.8 Å². The Kier molecular flexibility index (Phi) is 6.26. The Hall–Kier alpha value is -2.71. The second kappa shape index (κ2) is 8.12. The molecule has 1 aliphatic heterocycles. The van der Waals surface area contributed by atoms with Crippen LogP contribution in [0.15, 0.2) is 33.9 Å². The van der Waals surface area contributed by atoms with Gasteiger partial charge in [-0.05, 0) is 25.0 Å². The summed E-state index contributed by atoms with van der Waals surface area (Å²) in [5.41, 5.74) is 0.108. The van der Waals surface area contributed by atoms with Gasteiger partial charge in [-0.25, -0.2) is 4.79 Å². The molecule has 0 aliphatic carbocycles. The lowest BCUT2D eigenvalue weighted by atomic mass is 10.1. The SMILES string of the molecule is CC1Nc2c(n(C)c(=O)n(C)c2=O)N1C.CCCc1cccc(C(F)(F)F)c1. The summed E-state index contributed by atoms with van der Waals surface area (Å²) in [6.07, 6.45) is -2.63. The molecular formula is C19H25F3N4O2. The molecule has 28 heavy (non-hydrogen) atoms. The highest BCUT2D eigenvalue weighted by atomic mass is 19.4. The van der Waals surface area contributed by atoms with Gasteiger partial charge in [0.25, 0.3) is 5.56 Å². The Labute approximate surface area is 161 Å². The predicted molar refractivity (Wildman–Crippen MR) is 104 cm³/mol. The van der Waals surface area contributed by atoms with E-state index in [1.165, 1.54) is 23.7 Å². The van der Waals surface area contributed by atoms with Gasteiger partial charge >= 0.3 is 11.9 Å². The normalized spacial score (nSPS) is 15.6. The van der Waals surface area contributed by atoms with E-state index in [0.29, 0.717) is 17.9 Å². The zero-order chi connectivity index (χ0) is 21.2. The Balaban J connectivity index is 0.000000203. The van der Waals surface area contributed by atoms with Gasteiger partial charge in [0.2, 0.25) is 0 Å². The van der Waals surface area contributed by atoms with Gasteiger partial charge in [-0.3, -0.25) is 13.9 Å². The minimum atomic E-state index is -4.22. The first-order valence-electron chi connectivity index (χ1n) is 8.94. The van der Waals surface area contributed by atoms with Crippen molar-refractivity contribution in [2.24, 2.45) is 14.1 Å². The summed E-state index contributed by atoms with van der Waals surface area (Å²) >= 11 is 0. The predicted octanol–water partition coefficient (Wildman–Crippen LogP) is 2.95. The van der Waals surface area contributed by atoms with Crippen molar-refractivity contribution in [2.45, 2.75) is 39.0 Å². The minimum Gasteiger partial charge on any atom is -0.358 e. The maximum absolute atomic E-state index is 12.2. The third kappa shape index (κ3) is 4.23. The fourth-order valence-electron chi connectivity index (χ4n) is 3.05. The maximum atomic E-state index is 12.2. The lowest BCUT2D eigenvalue weighted by Crippen LogP contribution is -2.38. The van der Waals surface area contributed by atoms with E-state index in [4.69, 9.17) is 0 Å². The van der Waals surface area contributed by atoms with Crippen molar-refractivity contribution in [3.8, 4) is 0 Å². The Morgan fingerprint density at radius 3 is 2.32 bits per heavy atom.